The third-order valence-electron chi connectivity index (χ3n) is 5.96. The number of nitrogens with two attached hydrogens (primary N) is 1. The molecule has 3 rings (SSSR count). The van der Waals surface area contributed by atoms with E-state index in [2.05, 4.69) is 5.32 Å². The van der Waals surface area contributed by atoms with E-state index in [1.54, 1.807) is 6.92 Å². The zero-order chi connectivity index (χ0) is 30.0. The number of piperazine rings is 1. The van der Waals surface area contributed by atoms with Gasteiger partial charge < -0.3 is 40.8 Å². The molecule has 1 aromatic heterocycles. The molecule has 15 nitrogen and oxygen atoms in total. The maximum Gasteiger partial charge on any atom is 0.336 e. The molecule has 1 unspecified atom stereocenters. The summed E-state index contributed by atoms with van der Waals surface area (Å²) in [6.07, 6.45) is -0.383. The van der Waals surface area contributed by atoms with Gasteiger partial charge in [-0.2, -0.15) is 0 Å². The van der Waals surface area contributed by atoms with Gasteiger partial charge in [-0.25, -0.2) is 4.79 Å². The molecule has 0 radical (unpaired) electrons. The third kappa shape index (κ3) is 8.78. The van der Waals surface area contributed by atoms with Crippen LogP contribution in [0.3, 0.4) is 0 Å². The highest BCUT2D eigenvalue weighted by Gasteiger charge is 2.40. The first-order chi connectivity index (χ1) is 18.8. The van der Waals surface area contributed by atoms with Gasteiger partial charge in [-0.15, -0.1) is 0 Å². The summed E-state index contributed by atoms with van der Waals surface area (Å²) in [5.74, 6) is -6.00. The van der Waals surface area contributed by atoms with Crippen LogP contribution in [0.5, 0.6) is 0 Å². The fraction of sp³-hybridized carbons (Fsp3) is 0.440. The van der Waals surface area contributed by atoms with Crippen molar-refractivity contribution in [2.75, 3.05) is 19.7 Å². The predicted octanol–water partition coefficient (Wildman–Crippen LogP) is -0.868. The Bertz CT molecular complexity index is 1260. The van der Waals surface area contributed by atoms with Gasteiger partial charge in [-0.3, -0.25) is 28.9 Å². The van der Waals surface area contributed by atoms with E-state index in [4.69, 9.17) is 30.9 Å². The van der Waals surface area contributed by atoms with E-state index in [1.807, 2.05) is 39.9 Å². The Kier molecular flexibility index (Phi) is 11.1. The van der Waals surface area contributed by atoms with E-state index in [-0.39, 0.29) is 31.4 Å². The number of hydrogen-bond acceptors (Lipinski definition) is 9. The molecule has 0 aliphatic carbocycles. The number of amides is 2. The highest BCUT2D eigenvalue weighted by molar-refractivity contribution is 5.89. The lowest BCUT2D eigenvalue weighted by atomic mass is 9.96. The molecule has 1 saturated heterocycles. The topological polar surface area (TPSA) is 239 Å². The lowest BCUT2D eigenvalue weighted by Gasteiger charge is -2.34. The van der Waals surface area contributed by atoms with Crippen LogP contribution in [0.25, 0.3) is 10.9 Å². The second kappa shape index (κ2) is 14.0. The molecule has 0 bridgehead atoms. The number of benzene rings is 1. The van der Waals surface area contributed by atoms with Crippen LogP contribution in [0.4, 0.5) is 0 Å². The maximum atomic E-state index is 12.3. The summed E-state index contributed by atoms with van der Waals surface area (Å²) in [5.41, 5.74) is 4.51. The number of aromatic nitrogens is 1. The Balaban J connectivity index is 0.000000366. The van der Waals surface area contributed by atoms with Crippen LogP contribution in [0, 0.1) is 0 Å². The van der Waals surface area contributed by atoms with Crippen molar-refractivity contribution in [3.8, 4) is 0 Å². The smallest absolute Gasteiger partial charge is 0.336 e. The summed E-state index contributed by atoms with van der Waals surface area (Å²) < 4.78 is 6.83. The van der Waals surface area contributed by atoms with Crippen LogP contribution in [-0.2, 0) is 46.6 Å². The van der Waals surface area contributed by atoms with Crippen LogP contribution in [0.1, 0.15) is 31.7 Å². The van der Waals surface area contributed by atoms with E-state index in [9.17, 15) is 28.8 Å². The van der Waals surface area contributed by atoms with E-state index in [0.29, 0.717) is 19.6 Å². The average Bonchev–Trinajstić information content (AvgIpc) is 3.17. The zero-order valence-corrected chi connectivity index (χ0v) is 21.7. The van der Waals surface area contributed by atoms with Gasteiger partial charge in [0, 0.05) is 36.7 Å². The molecule has 1 aliphatic heterocycles. The number of carbonyl (C=O) groups excluding carboxylic acids is 3. The molecule has 2 aromatic rings. The highest BCUT2D eigenvalue weighted by atomic mass is 16.5. The molecular weight excluding hydrogens is 532 g/mol. The minimum atomic E-state index is -2.74. The normalized spacial score (nSPS) is 15.4. The Labute approximate surface area is 228 Å². The first kappa shape index (κ1) is 31.7. The fourth-order valence-corrected chi connectivity index (χ4v) is 4.23. The molecule has 1 aliphatic rings. The van der Waals surface area contributed by atoms with E-state index >= 15 is 0 Å². The van der Waals surface area contributed by atoms with Gasteiger partial charge in [0.15, 0.2) is 5.60 Å². The number of ether oxygens (including phenoxy) is 1. The van der Waals surface area contributed by atoms with Gasteiger partial charge in [0.25, 0.3) is 0 Å². The molecule has 1 atom stereocenters. The molecule has 2 amide bonds. The van der Waals surface area contributed by atoms with Crippen LogP contribution < -0.4 is 11.1 Å². The van der Waals surface area contributed by atoms with E-state index in [1.165, 1.54) is 0 Å². The van der Waals surface area contributed by atoms with Gasteiger partial charge in [0.2, 0.25) is 11.8 Å². The van der Waals surface area contributed by atoms with E-state index < -0.39 is 48.3 Å². The van der Waals surface area contributed by atoms with Gasteiger partial charge in [0.1, 0.15) is 12.6 Å². The highest BCUT2D eigenvalue weighted by Crippen LogP contribution is 2.24. The number of carboxylic acids is 3. The monoisotopic (exact) mass is 564 g/mol. The SMILES string of the molecule is CCOC(=O)CC1C(=O)NCCN1Cc1cn(CC(N)=O)c2ccccc12.O=C(O)CC(O)(CC(=O)O)C(=O)O. The number of fused-ring (bicyclic) bond motifs is 1. The van der Waals surface area contributed by atoms with Gasteiger partial charge in [-0.1, -0.05) is 18.2 Å². The van der Waals surface area contributed by atoms with E-state index in [0.717, 1.165) is 16.5 Å². The molecule has 0 saturated carbocycles. The molecule has 15 heteroatoms. The quantitative estimate of drug-likeness (QED) is 0.173. The summed E-state index contributed by atoms with van der Waals surface area (Å²) in [6, 6.07) is 7.17. The number of esters is 1. The summed E-state index contributed by atoms with van der Waals surface area (Å²) in [7, 11) is 0. The van der Waals surface area contributed by atoms with Crippen LogP contribution >= 0.6 is 0 Å². The summed E-state index contributed by atoms with van der Waals surface area (Å²) in [5, 5.41) is 37.6. The molecule has 40 heavy (non-hydrogen) atoms. The maximum absolute atomic E-state index is 12.3. The largest absolute Gasteiger partial charge is 0.481 e. The van der Waals surface area contributed by atoms with Gasteiger partial charge in [0.05, 0.1) is 25.9 Å². The van der Waals surface area contributed by atoms with Crippen molar-refractivity contribution in [1.82, 2.24) is 14.8 Å². The predicted molar refractivity (Wildman–Crippen MR) is 137 cm³/mol. The molecule has 1 fully saturated rings. The Morgan fingerprint density at radius 3 is 2.27 bits per heavy atom. The number of aliphatic carboxylic acids is 3. The van der Waals surface area contributed by atoms with Crippen molar-refractivity contribution < 1.29 is 53.9 Å². The van der Waals surface area contributed by atoms with Crippen molar-refractivity contribution >= 4 is 46.6 Å². The molecule has 0 spiro atoms. The van der Waals surface area contributed by atoms with Crippen LogP contribution in [0.2, 0.25) is 0 Å². The number of aliphatic hydroxyl groups is 1. The number of rotatable bonds is 12. The molecule has 1 aromatic carbocycles. The first-order valence-corrected chi connectivity index (χ1v) is 12.2. The lowest BCUT2D eigenvalue weighted by Crippen LogP contribution is -2.55. The van der Waals surface area contributed by atoms with Gasteiger partial charge >= 0.3 is 23.9 Å². The van der Waals surface area contributed by atoms with Crippen LogP contribution in [-0.4, -0.2) is 96.9 Å². The number of carboxylic acid groups (broad SMARTS) is 3. The number of carbonyl (C=O) groups is 6. The van der Waals surface area contributed by atoms with Crippen LogP contribution in [0.15, 0.2) is 30.5 Å². The van der Waals surface area contributed by atoms with Crippen molar-refractivity contribution in [2.24, 2.45) is 5.73 Å². The standard InChI is InChI=1S/C19H24N4O4.C6H8O7/c1-2-27-18(25)9-16-19(26)21-7-8-22(16)10-13-11-23(12-17(20)24)15-6-4-3-5-14(13)15;7-3(8)1-6(13,5(11)12)2-4(9)10/h3-6,11,16H,2,7-10,12H2,1H3,(H2,20,24)(H,21,26);13H,1-2H2,(H,7,8)(H,9,10)(H,11,12). The fourth-order valence-electron chi connectivity index (χ4n) is 4.23. The minimum Gasteiger partial charge on any atom is -0.481 e. The Hall–Kier alpha value is -4.50. The lowest BCUT2D eigenvalue weighted by molar-refractivity contribution is -0.170. The Morgan fingerprint density at radius 1 is 1.10 bits per heavy atom. The second-order valence-corrected chi connectivity index (χ2v) is 9.03. The molecule has 7 N–H and O–H groups in total. The third-order valence-corrected chi connectivity index (χ3v) is 5.96. The summed E-state index contributed by atoms with van der Waals surface area (Å²) >= 11 is 0. The Morgan fingerprint density at radius 2 is 1.73 bits per heavy atom. The molecule has 218 valence electrons. The number of hydrogen-bond donors (Lipinski definition) is 6. The first-order valence-electron chi connectivity index (χ1n) is 12.2. The average molecular weight is 565 g/mol. The zero-order valence-electron chi connectivity index (χ0n) is 21.7. The number of para-hydroxylation sites is 1. The number of nitrogens with one attached hydrogen (secondary N) is 1. The van der Waals surface area contributed by atoms with Crippen molar-refractivity contribution in [1.29, 1.82) is 0 Å². The van der Waals surface area contributed by atoms with Crippen molar-refractivity contribution in [3.63, 3.8) is 0 Å². The van der Waals surface area contributed by atoms with Crippen molar-refractivity contribution in [3.05, 3.63) is 36.0 Å². The van der Waals surface area contributed by atoms with Crippen molar-refractivity contribution in [2.45, 2.75) is 50.9 Å². The van der Waals surface area contributed by atoms with Gasteiger partial charge in [-0.05, 0) is 18.6 Å². The second-order valence-electron chi connectivity index (χ2n) is 9.03. The minimum absolute atomic E-state index is 0.0135. The summed E-state index contributed by atoms with van der Waals surface area (Å²) in [6.45, 7) is 3.76. The summed E-state index contributed by atoms with van der Waals surface area (Å²) in [4.78, 5) is 68.1. The number of primary amides is 1. The molecular formula is C25H32N4O11. The molecule has 2 heterocycles. The number of nitrogens with zero attached hydrogens (tertiary/aromatic N) is 2.